The monoisotopic (exact) mass is 360 g/mol. The Kier molecular flexibility index (Phi) is 5.84. The number of ether oxygens (including phenoxy) is 1. The van der Waals surface area contributed by atoms with Gasteiger partial charge in [-0.2, -0.15) is 0 Å². The molecule has 3 rings (SSSR count). The van der Waals surface area contributed by atoms with Gasteiger partial charge in [-0.05, 0) is 55.0 Å². The van der Waals surface area contributed by atoms with Crippen LogP contribution in [0, 0.1) is 6.92 Å². The molecule has 0 atom stereocenters. The highest BCUT2D eigenvalue weighted by atomic mass is 16.5. The number of anilines is 2. The van der Waals surface area contributed by atoms with Gasteiger partial charge in [-0.25, -0.2) is 0 Å². The summed E-state index contributed by atoms with van der Waals surface area (Å²) in [7, 11) is 0. The lowest BCUT2D eigenvalue weighted by Crippen LogP contribution is -2.20. The van der Waals surface area contributed by atoms with Gasteiger partial charge in [0.2, 0.25) is 0 Å². The first kappa shape index (κ1) is 18.2. The molecule has 0 aromatic heterocycles. The first-order chi connectivity index (χ1) is 13.1. The molecule has 0 heterocycles. The van der Waals surface area contributed by atoms with Crippen LogP contribution >= 0.6 is 0 Å². The quantitative estimate of drug-likeness (QED) is 0.690. The van der Waals surface area contributed by atoms with E-state index in [0.29, 0.717) is 17.0 Å². The number of hydrogen-bond donors (Lipinski definition) is 2. The fourth-order valence-corrected chi connectivity index (χ4v) is 2.53. The van der Waals surface area contributed by atoms with E-state index in [0.717, 1.165) is 11.3 Å². The molecule has 0 radical (unpaired) electrons. The predicted molar refractivity (Wildman–Crippen MR) is 106 cm³/mol. The standard InChI is InChI=1S/C22H20N2O3/c1-16-7-5-9-18(13-16)24-22(26)17-8-6-10-19(14-17)23-21(25)15-27-20-11-3-2-4-12-20/h2-14H,15H2,1H3,(H,23,25)(H,24,26). The van der Waals surface area contributed by atoms with Crippen molar-refractivity contribution >= 4 is 23.2 Å². The van der Waals surface area contributed by atoms with Crippen LogP contribution in [0.3, 0.4) is 0 Å². The molecule has 0 fully saturated rings. The van der Waals surface area contributed by atoms with Gasteiger partial charge in [0.05, 0.1) is 0 Å². The Labute approximate surface area is 158 Å². The van der Waals surface area contributed by atoms with Crippen LogP contribution in [-0.4, -0.2) is 18.4 Å². The summed E-state index contributed by atoms with van der Waals surface area (Å²) in [5, 5.41) is 5.59. The van der Waals surface area contributed by atoms with E-state index in [9.17, 15) is 9.59 Å². The first-order valence-electron chi connectivity index (χ1n) is 8.56. The Balaban J connectivity index is 1.59. The molecule has 3 aromatic carbocycles. The molecule has 2 N–H and O–H groups in total. The van der Waals surface area contributed by atoms with Crippen molar-refractivity contribution in [2.24, 2.45) is 0 Å². The van der Waals surface area contributed by atoms with Crippen molar-refractivity contribution in [3.63, 3.8) is 0 Å². The molecule has 0 aliphatic rings. The first-order valence-corrected chi connectivity index (χ1v) is 8.56. The van der Waals surface area contributed by atoms with Crippen molar-refractivity contribution in [3.8, 4) is 5.75 Å². The Bertz CT molecular complexity index is 939. The Morgan fingerprint density at radius 1 is 0.815 bits per heavy atom. The van der Waals surface area contributed by atoms with E-state index in [4.69, 9.17) is 4.74 Å². The van der Waals surface area contributed by atoms with Gasteiger partial charge in [-0.1, -0.05) is 36.4 Å². The molecule has 0 aliphatic carbocycles. The van der Waals surface area contributed by atoms with E-state index in [1.807, 2.05) is 49.4 Å². The van der Waals surface area contributed by atoms with E-state index in [1.54, 1.807) is 36.4 Å². The van der Waals surface area contributed by atoms with E-state index in [-0.39, 0.29) is 18.4 Å². The van der Waals surface area contributed by atoms with E-state index < -0.39 is 0 Å². The number of aryl methyl sites for hydroxylation is 1. The van der Waals surface area contributed by atoms with Gasteiger partial charge in [-0.15, -0.1) is 0 Å². The van der Waals surface area contributed by atoms with E-state index in [1.165, 1.54) is 0 Å². The second-order valence-electron chi connectivity index (χ2n) is 6.05. The lowest BCUT2D eigenvalue weighted by molar-refractivity contribution is -0.118. The number of carbonyl (C=O) groups is 2. The van der Waals surface area contributed by atoms with Crippen molar-refractivity contribution in [1.82, 2.24) is 0 Å². The number of carbonyl (C=O) groups excluding carboxylic acids is 2. The van der Waals surface area contributed by atoms with Gasteiger partial charge in [0.15, 0.2) is 6.61 Å². The summed E-state index contributed by atoms with van der Waals surface area (Å²) < 4.78 is 5.42. The molecule has 27 heavy (non-hydrogen) atoms. The van der Waals surface area contributed by atoms with Crippen LogP contribution in [0.2, 0.25) is 0 Å². The summed E-state index contributed by atoms with van der Waals surface area (Å²) in [5.74, 6) is 0.0891. The van der Waals surface area contributed by atoms with Gasteiger partial charge in [0, 0.05) is 16.9 Å². The minimum atomic E-state index is -0.296. The van der Waals surface area contributed by atoms with E-state index >= 15 is 0 Å². The number of nitrogens with one attached hydrogen (secondary N) is 2. The molecule has 0 saturated carbocycles. The third-order valence-corrected chi connectivity index (χ3v) is 3.80. The second kappa shape index (κ2) is 8.67. The molecule has 0 saturated heterocycles. The molecule has 3 aromatic rings. The summed E-state index contributed by atoms with van der Waals surface area (Å²) >= 11 is 0. The normalized spacial score (nSPS) is 10.1. The van der Waals surface area contributed by atoms with Gasteiger partial charge in [0.25, 0.3) is 11.8 Å². The largest absolute Gasteiger partial charge is 0.484 e. The second-order valence-corrected chi connectivity index (χ2v) is 6.05. The highest BCUT2D eigenvalue weighted by molar-refractivity contribution is 6.05. The highest BCUT2D eigenvalue weighted by Gasteiger charge is 2.09. The molecule has 0 spiro atoms. The maximum Gasteiger partial charge on any atom is 0.262 e. The van der Waals surface area contributed by atoms with Crippen LogP contribution in [0.4, 0.5) is 11.4 Å². The average Bonchev–Trinajstić information content (AvgIpc) is 2.67. The summed E-state index contributed by atoms with van der Waals surface area (Å²) in [5.41, 5.74) is 2.78. The van der Waals surface area contributed by atoms with Crippen molar-refractivity contribution in [3.05, 3.63) is 90.0 Å². The number of amides is 2. The zero-order valence-electron chi connectivity index (χ0n) is 14.9. The smallest absolute Gasteiger partial charge is 0.262 e. The van der Waals surface area contributed by atoms with Crippen LogP contribution < -0.4 is 15.4 Å². The maximum atomic E-state index is 12.4. The van der Waals surface area contributed by atoms with E-state index in [2.05, 4.69) is 10.6 Å². The van der Waals surface area contributed by atoms with Crippen LogP contribution in [0.1, 0.15) is 15.9 Å². The third kappa shape index (κ3) is 5.44. The fourth-order valence-electron chi connectivity index (χ4n) is 2.53. The third-order valence-electron chi connectivity index (χ3n) is 3.80. The minimum absolute atomic E-state index is 0.107. The van der Waals surface area contributed by atoms with Crippen molar-refractivity contribution in [2.75, 3.05) is 17.2 Å². The van der Waals surface area contributed by atoms with Crippen molar-refractivity contribution in [1.29, 1.82) is 0 Å². The van der Waals surface area contributed by atoms with Crippen molar-refractivity contribution in [2.45, 2.75) is 6.92 Å². The van der Waals surface area contributed by atoms with Crippen LogP contribution in [0.5, 0.6) is 5.75 Å². The molecule has 5 heteroatoms. The zero-order valence-corrected chi connectivity index (χ0v) is 14.9. The van der Waals surface area contributed by atoms with Crippen LogP contribution in [0.25, 0.3) is 0 Å². The predicted octanol–water partition coefficient (Wildman–Crippen LogP) is 4.26. The zero-order chi connectivity index (χ0) is 19.1. The van der Waals surface area contributed by atoms with Gasteiger partial charge in [-0.3, -0.25) is 9.59 Å². The number of benzene rings is 3. The Morgan fingerprint density at radius 2 is 1.52 bits per heavy atom. The Hall–Kier alpha value is -3.60. The molecule has 136 valence electrons. The average molecular weight is 360 g/mol. The molecular formula is C22H20N2O3. The number of hydrogen-bond acceptors (Lipinski definition) is 3. The summed E-state index contributed by atoms with van der Waals surface area (Å²) in [6.07, 6.45) is 0. The van der Waals surface area contributed by atoms with Crippen LogP contribution in [0.15, 0.2) is 78.9 Å². The van der Waals surface area contributed by atoms with Gasteiger partial charge < -0.3 is 15.4 Å². The lowest BCUT2D eigenvalue weighted by atomic mass is 10.1. The minimum Gasteiger partial charge on any atom is -0.484 e. The van der Waals surface area contributed by atoms with Crippen LogP contribution in [-0.2, 0) is 4.79 Å². The summed E-state index contributed by atoms with van der Waals surface area (Å²) in [6.45, 7) is 1.85. The molecule has 0 bridgehead atoms. The van der Waals surface area contributed by atoms with Crippen molar-refractivity contribution < 1.29 is 14.3 Å². The molecule has 0 unspecified atom stereocenters. The van der Waals surface area contributed by atoms with Gasteiger partial charge in [0.1, 0.15) is 5.75 Å². The molecule has 0 aliphatic heterocycles. The lowest BCUT2D eigenvalue weighted by Gasteiger charge is -2.10. The highest BCUT2D eigenvalue weighted by Crippen LogP contribution is 2.15. The maximum absolute atomic E-state index is 12.4. The Morgan fingerprint density at radius 3 is 2.26 bits per heavy atom. The van der Waals surface area contributed by atoms with Gasteiger partial charge >= 0.3 is 0 Å². The number of rotatable bonds is 6. The fraction of sp³-hybridized carbons (Fsp3) is 0.0909. The summed E-state index contributed by atoms with van der Waals surface area (Å²) in [6, 6.07) is 23.5. The SMILES string of the molecule is Cc1cccc(NC(=O)c2cccc(NC(=O)COc3ccccc3)c2)c1. The summed E-state index contributed by atoms with van der Waals surface area (Å²) in [4.78, 5) is 24.5. The molecule has 5 nitrogen and oxygen atoms in total. The molecule has 2 amide bonds. The topological polar surface area (TPSA) is 67.4 Å². The number of para-hydroxylation sites is 1. The molecular weight excluding hydrogens is 340 g/mol.